The average molecular weight is 323 g/mol. The van der Waals surface area contributed by atoms with Crippen molar-refractivity contribution in [3.05, 3.63) is 100 Å². The van der Waals surface area contributed by atoms with Gasteiger partial charge >= 0.3 is 0 Å². The fraction of sp³-hybridized carbons (Fsp3) is 0. The summed E-state index contributed by atoms with van der Waals surface area (Å²) in [4.78, 5) is 25.4. The maximum absolute atomic E-state index is 12.8. The summed E-state index contributed by atoms with van der Waals surface area (Å²) >= 11 is 0. The van der Waals surface area contributed by atoms with E-state index in [1.165, 1.54) is 0 Å². The minimum absolute atomic E-state index is 0.173. The highest BCUT2D eigenvalue weighted by atomic mass is 16.1. The van der Waals surface area contributed by atoms with Crippen molar-refractivity contribution in [1.29, 1.82) is 0 Å². The van der Waals surface area contributed by atoms with E-state index in [4.69, 9.17) is 5.73 Å². The summed E-state index contributed by atoms with van der Waals surface area (Å²) < 4.78 is 0. The molecule has 3 nitrogen and oxygen atoms in total. The highest BCUT2D eigenvalue weighted by Gasteiger charge is 2.30. The number of benzene rings is 3. The molecule has 0 saturated heterocycles. The number of rotatable bonds is 0. The Hall–Kier alpha value is -3.64. The number of anilines is 1. The first kappa shape index (κ1) is 14.9. The van der Waals surface area contributed by atoms with Crippen LogP contribution < -0.4 is 5.73 Å². The van der Waals surface area contributed by atoms with Crippen molar-refractivity contribution >= 4 is 17.3 Å². The van der Waals surface area contributed by atoms with E-state index in [0.717, 1.165) is 5.56 Å². The van der Waals surface area contributed by atoms with E-state index in [-0.39, 0.29) is 11.6 Å². The Morgan fingerprint density at radius 3 is 1.84 bits per heavy atom. The second-order valence-corrected chi connectivity index (χ2v) is 5.80. The number of hydrogen-bond acceptors (Lipinski definition) is 3. The maximum Gasteiger partial charge on any atom is 0.194 e. The normalized spacial score (nSPS) is 12.0. The Labute approximate surface area is 145 Å². The molecule has 0 aromatic heterocycles. The monoisotopic (exact) mass is 323 g/mol. The van der Waals surface area contributed by atoms with Gasteiger partial charge in [-0.05, 0) is 24.3 Å². The quantitative estimate of drug-likeness (QED) is 0.398. The molecule has 3 aromatic rings. The van der Waals surface area contributed by atoms with Crippen LogP contribution in [-0.4, -0.2) is 11.6 Å². The third-order valence-electron chi connectivity index (χ3n) is 4.21. The van der Waals surface area contributed by atoms with Crippen LogP contribution in [0, 0.1) is 11.8 Å². The summed E-state index contributed by atoms with van der Waals surface area (Å²) in [6, 6.07) is 19.5. The summed E-state index contributed by atoms with van der Waals surface area (Å²) in [6.07, 6.45) is 0. The molecule has 4 rings (SSSR count). The maximum atomic E-state index is 12.8. The lowest BCUT2D eigenvalue weighted by Gasteiger charge is -2.18. The van der Waals surface area contributed by atoms with Crippen molar-refractivity contribution in [1.82, 2.24) is 0 Å². The number of nitrogens with two attached hydrogens (primary N) is 1. The molecule has 0 spiro atoms. The topological polar surface area (TPSA) is 60.2 Å². The highest BCUT2D eigenvalue weighted by molar-refractivity contribution is 6.28. The number of carbonyl (C=O) groups excluding carboxylic acids is 2. The minimum Gasteiger partial charge on any atom is -0.398 e. The number of ketones is 2. The van der Waals surface area contributed by atoms with Crippen LogP contribution in [0.1, 0.15) is 43.0 Å². The molecule has 0 amide bonds. The SMILES string of the molecule is Nc1cc2c(cc1C#Cc1ccccc1)C(=O)c1ccccc1C2=O. The smallest absolute Gasteiger partial charge is 0.194 e. The van der Waals surface area contributed by atoms with Crippen molar-refractivity contribution in [3.63, 3.8) is 0 Å². The van der Waals surface area contributed by atoms with Crippen LogP contribution in [0.3, 0.4) is 0 Å². The van der Waals surface area contributed by atoms with Gasteiger partial charge in [0.05, 0.1) is 0 Å². The van der Waals surface area contributed by atoms with Gasteiger partial charge in [-0.1, -0.05) is 54.3 Å². The van der Waals surface area contributed by atoms with Crippen LogP contribution >= 0.6 is 0 Å². The van der Waals surface area contributed by atoms with E-state index < -0.39 is 0 Å². The van der Waals surface area contributed by atoms with Crippen molar-refractivity contribution in [2.24, 2.45) is 0 Å². The summed E-state index contributed by atoms with van der Waals surface area (Å²) in [7, 11) is 0. The largest absolute Gasteiger partial charge is 0.398 e. The molecule has 0 atom stereocenters. The lowest BCUT2D eigenvalue weighted by molar-refractivity contribution is 0.0979. The predicted molar refractivity (Wildman–Crippen MR) is 96.6 cm³/mol. The summed E-state index contributed by atoms with van der Waals surface area (Å²) in [5, 5.41) is 0. The van der Waals surface area contributed by atoms with Crippen LogP contribution in [0.25, 0.3) is 0 Å². The molecule has 25 heavy (non-hydrogen) atoms. The molecule has 1 aliphatic rings. The second-order valence-electron chi connectivity index (χ2n) is 5.80. The first-order chi connectivity index (χ1) is 12.1. The molecule has 0 saturated carbocycles. The van der Waals surface area contributed by atoms with Gasteiger partial charge in [0.25, 0.3) is 0 Å². The molecular formula is C22H13NO2. The molecule has 0 unspecified atom stereocenters. The van der Waals surface area contributed by atoms with Gasteiger partial charge in [-0.2, -0.15) is 0 Å². The molecule has 118 valence electrons. The third-order valence-corrected chi connectivity index (χ3v) is 4.21. The fourth-order valence-electron chi connectivity index (χ4n) is 2.93. The second kappa shape index (κ2) is 5.77. The third kappa shape index (κ3) is 2.50. The molecule has 0 aliphatic heterocycles. The van der Waals surface area contributed by atoms with Gasteiger partial charge in [-0.3, -0.25) is 9.59 Å². The van der Waals surface area contributed by atoms with Gasteiger partial charge < -0.3 is 5.73 Å². The molecule has 3 heteroatoms. The Bertz CT molecular complexity index is 1090. The highest BCUT2D eigenvalue weighted by Crippen LogP contribution is 2.30. The van der Waals surface area contributed by atoms with Crippen molar-refractivity contribution in [2.75, 3.05) is 5.73 Å². The van der Waals surface area contributed by atoms with Crippen LogP contribution in [-0.2, 0) is 0 Å². The first-order valence-electron chi connectivity index (χ1n) is 7.84. The van der Waals surface area contributed by atoms with Crippen molar-refractivity contribution in [3.8, 4) is 11.8 Å². The van der Waals surface area contributed by atoms with Crippen LogP contribution in [0.4, 0.5) is 5.69 Å². The van der Waals surface area contributed by atoms with E-state index in [2.05, 4.69) is 11.8 Å². The molecule has 0 radical (unpaired) electrons. The van der Waals surface area contributed by atoms with E-state index in [1.807, 2.05) is 30.3 Å². The number of nitrogen functional groups attached to an aromatic ring is 1. The van der Waals surface area contributed by atoms with E-state index in [1.54, 1.807) is 36.4 Å². The van der Waals surface area contributed by atoms with Gasteiger partial charge in [0.2, 0.25) is 0 Å². The first-order valence-corrected chi connectivity index (χ1v) is 7.84. The zero-order valence-corrected chi connectivity index (χ0v) is 13.2. The molecule has 0 bridgehead atoms. The van der Waals surface area contributed by atoms with Gasteiger partial charge in [-0.25, -0.2) is 0 Å². The zero-order valence-electron chi connectivity index (χ0n) is 13.2. The minimum atomic E-state index is -0.181. The molecule has 1 aliphatic carbocycles. The van der Waals surface area contributed by atoms with E-state index >= 15 is 0 Å². The van der Waals surface area contributed by atoms with Crippen LogP contribution in [0.5, 0.6) is 0 Å². The Morgan fingerprint density at radius 2 is 1.20 bits per heavy atom. The van der Waals surface area contributed by atoms with Gasteiger partial charge in [0.15, 0.2) is 11.6 Å². The van der Waals surface area contributed by atoms with Gasteiger partial charge in [0.1, 0.15) is 0 Å². The standard InChI is InChI=1S/C22H13NO2/c23-20-13-19-18(12-15(20)11-10-14-6-2-1-3-7-14)21(24)16-8-4-5-9-17(16)22(19)25/h1-9,12-13H,23H2. The Morgan fingerprint density at radius 1 is 0.640 bits per heavy atom. The molecule has 3 aromatic carbocycles. The Kier molecular flexibility index (Phi) is 3.45. The van der Waals surface area contributed by atoms with Gasteiger partial charge in [-0.15, -0.1) is 0 Å². The molecule has 2 N–H and O–H groups in total. The summed E-state index contributed by atoms with van der Waals surface area (Å²) in [5.41, 5.74) is 9.40. The predicted octanol–water partition coefficient (Wildman–Crippen LogP) is 3.44. The van der Waals surface area contributed by atoms with Gasteiger partial charge in [0, 0.05) is 39.1 Å². The Balaban J connectivity index is 1.84. The van der Waals surface area contributed by atoms with Crippen LogP contribution in [0.15, 0.2) is 66.7 Å². The van der Waals surface area contributed by atoms with Crippen molar-refractivity contribution in [2.45, 2.75) is 0 Å². The lowest BCUT2D eigenvalue weighted by atomic mass is 9.83. The average Bonchev–Trinajstić information content (AvgIpc) is 2.65. The zero-order chi connectivity index (χ0) is 17.4. The molecular weight excluding hydrogens is 310 g/mol. The van der Waals surface area contributed by atoms with E-state index in [9.17, 15) is 9.59 Å². The molecule has 0 heterocycles. The number of carbonyl (C=O) groups is 2. The fourth-order valence-corrected chi connectivity index (χ4v) is 2.93. The molecule has 0 fully saturated rings. The van der Waals surface area contributed by atoms with Crippen LogP contribution in [0.2, 0.25) is 0 Å². The lowest BCUT2D eigenvalue weighted by Crippen LogP contribution is -2.21. The van der Waals surface area contributed by atoms with Crippen molar-refractivity contribution < 1.29 is 9.59 Å². The van der Waals surface area contributed by atoms with E-state index in [0.29, 0.717) is 33.5 Å². The number of hydrogen-bond donors (Lipinski definition) is 1. The number of fused-ring (bicyclic) bond motifs is 2. The summed E-state index contributed by atoms with van der Waals surface area (Å²) in [6.45, 7) is 0. The summed E-state index contributed by atoms with van der Waals surface area (Å²) in [5.74, 6) is 5.67.